The van der Waals surface area contributed by atoms with Crippen LogP contribution in [0, 0.1) is 0 Å². The second-order valence-corrected chi connectivity index (χ2v) is 9.78. The molecular formula is C24H26N2O3S2. The molecule has 0 unspecified atom stereocenters. The molecule has 0 bridgehead atoms. The number of nitrogens with one attached hydrogen (secondary N) is 1. The van der Waals surface area contributed by atoms with Crippen LogP contribution >= 0.6 is 23.1 Å². The van der Waals surface area contributed by atoms with Crippen molar-refractivity contribution in [1.29, 1.82) is 0 Å². The van der Waals surface area contributed by atoms with Crippen molar-refractivity contribution in [2.24, 2.45) is 0 Å². The Labute approximate surface area is 191 Å². The van der Waals surface area contributed by atoms with Crippen LogP contribution in [0.3, 0.4) is 0 Å². The average Bonchev–Trinajstić information content (AvgIpc) is 3.35. The Balaban J connectivity index is 1.78. The lowest BCUT2D eigenvalue weighted by atomic mass is 9.91. The van der Waals surface area contributed by atoms with Gasteiger partial charge < -0.3 is 10.1 Å². The summed E-state index contributed by atoms with van der Waals surface area (Å²) in [6, 6.07) is 9.68. The highest BCUT2D eigenvalue weighted by molar-refractivity contribution is 8.05. The van der Waals surface area contributed by atoms with Crippen LogP contribution in [-0.2, 0) is 14.3 Å². The number of amides is 1. The standard InChI is InChI=1S/C24H26N2O3S2/c1-5-29-23(28)20-15(4)25-24-26(21(20)18-8-6-17(7-9-18)14(2)3)22(27)19(31-24)12-16-10-11-30-13-16/h6-14,21,24-25H,5H2,1-4H3/b19-12-/t21-,24+/m1/s1. The van der Waals surface area contributed by atoms with Crippen molar-refractivity contribution in [2.75, 3.05) is 6.61 Å². The highest BCUT2D eigenvalue weighted by Crippen LogP contribution is 2.46. The molecule has 2 aliphatic heterocycles. The van der Waals surface area contributed by atoms with Crippen molar-refractivity contribution in [3.63, 3.8) is 0 Å². The van der Waals surface area contributed by atoms with Crippen LogP contribution in [0.2, 0.25) is 0 Å². The molecule has 2 aliphatic rings. The number of benzene rings is 1. The van der Waals surface area contributed by atoms with Gasteiger partial charge in [0.25, 0.3) is 5.91 Å². The van der Waals surface area contributed by atoms with E-state index in [4.69, 9.17) is 4.74 Å². The second kappa shape index (κ2) is 8.93. The first-order valence-corrected chi connectivity index (χ1v) is 12.2. The molecule has 5 nitrogen and oxygen atoms in total. The van der Waals surface area contributed by atoms with Crippen molar-refractivity contribution < 1.29 is 14.3 Å². The van der Waals surface area contributed by atoms with Gasteiger partial charge in [0, 0.05) is 5.70 Å². The van der Waals surface area contributed by atoms with Crippen LogP contribution in [0.4, 0.5) is 0 Å². The molecule has 1 aromatic carbocycles. The predicted octanol–water partition coefficient (Wildman–Crippen LogP) is 5.25. The third-order valence-corrected chi connectivity index (χ3v) is 7.30. The minimum Gasteiger partial charge on any atom is -0.463 e. The summed E-state index contributed by atoms with van der Waals surface area (Å²) in [6.07, 6.45) is 1.92. The minimum absolute atomic E-state index is 0.0825. The molecule has 0 spiro atoms. The molecule has 2 aromatic rings. The molecule has 2 atom stereocenters. The number of ether oxygens (including phenoxy) is 1. The quantitative estimate of drug-likeness (QED) is 0.494. The first kappa shape index (κ1) is 21.7. The van der Waals surface area contributed by atoms with Gasteiger partial charge in [0.2, 0.25) is 0 Å². The summed E-state index contributed by atoms with van der Waals surface area (Å²) in [5, 5.41) is 7.35. The molecule has 1 saturated heterocycles. The Morgan fingerprint density at radius 3 is 2.61 bits per heavy atom. The van der Waals surface area contributed by atoms with Gasteiger partial charge in [-0.25, -0.2) is 4.79 Å². The van der Waals surface area contributed by atoms with Gasteiger partial charge in [-0.2, -0.15) is 11.3 Å². The Hall–Kier alpha value is -2.51. The van der Waals surface area contributed by atoms with Gasteiger partial charge in [0.15, 0.2) is 5.50 Å². The van der Waals surface area contributed by atoms with Crippen LogP contribution in [0.15, 0.2) is 57.3 Å². The topological polar surface area (TPSA) is 58.6 Å². The largest absolute Gasteiger partial charge is 0.463 e. The normalized spacial score (nSPS) is 22.2. The first-order chi connectivity index (χ1) is 14.9. The number of thioether (sulfide) groups is 1. The lowest BCUT2D eigenvalue weighted by Crippen LogP contribution is -2.49. The summed E-state index contributed by atoms with van der Waals surface area (Å²) in [6.45, 7) is 8.24. The van der Waals surface area contributed by atoms with E-state index >= 15 is 0 Å². The molecule has 3 heterocycles. The maximum Gasteiger partial charge on any atom is 0.338 e. The number of rotatable bonds is 5. The van der Waals surface area contributed by atoms with E-state index in [2.05, 4.69) is 31.3 Å². The molecule has 162 valence electrons. The van der Waals surface area contributed by atoms with Crippen LogP contribution in [0.25, 0.3) is 6.08 Å². The lowest BCUT2D eigenvalue weighted by molar-refractivity contribution is -0.140. The lowest BCUT2D eigenvalue weighted by Gasteiger charge is -2.39. The molecule has 1 N–H and O–H groups in total. The second-order valence-electron chi connectivity index (χ2n) is 7.88. The fourth-order valence-corrected chi connectivity index (χ4v) is 5.72. The maximum atomic E-state index is 13.5. The molecule has 0 saturated carbocycles. The van der Waals surface area contributed by atoms with Gasteiger partial charge in [0.05, 0.1) is 23.1 Å². The smallest absolute Gasteiger partial charge is 0.338 e. The van der Waals surface area contributed by atoms with Crippen LogP contribution in [-0.4, -0.2) is 28.9 Å². The molecule has 1 amide bonds. The van der Waals surface area contributed by atoms with Gasteiger partial charge in [-0.05, 0) is 59.4 Å². The van der Waals surface area contributed by atoms with E-state index in [-0.39, 0.29) is 18.0 Å². The number of thiophene rings is 1. The molecule has 1 fully saturated rings. The molecule has 31 heavy (non-hydrogen) atoms. The monoisotopic (exact) mass is 454 g/mol. The van der Waals surface area contributed by atoms with Crippen molar-refractivity contribution in [1.82, 2.24) is 10.2 Å². The zero-order valence-electron chi connectivity index (χ0n) is 18.0. The number of hydrogen-bond acceptors (Lipinski definition) is 6. The Morgan fingerprint density at radius 1 is 1.26 bits per heavy atom. The van der Waals surface area contributed by atoms with E-state index in [0.717, 1.165) is 16.8 Å². The van der Waals surface area contributed by atoms with Gasteiger partial charge >= 0.3 is 5.97 Å². The Morgan fingerprint density at radius 2 is 2.00 bits per heavy atom. The minimum atomic E-state index is -0.500. The SMILES string of the molecule is CCOC(=O)C1=C(C)N[C@@H]2S/C(=C\c3ccsc3)C(=O)N2[C@@H]1c1ccc(C(C)C)cc1. The van der Waals surface area contributed by atoms with Gasteiger partial charge in [-0.1, -0.05) is 49.9 Å². The van der Waals surface area contributed by atoms with Gasteiger partial charge in [-0.15, -0.1) is 0 Å². The number of allylic oxidation sites excluding steroid dienone is 1. The predicted molar refractivity (Wildman–Crippen MR) is 126 cm³/mol. The molecular weight excluding hydrogens is 428 g/mol. The number of hydrogen-bond donors (Lipinski definition) is 1. The summed E-state index contributed by atoms with van der Waals surface area (Å²) >= 11 is 3.08. The summed E-state index contributed by atoms with van der Waals surface area (Å²) in [7, 11) is 0. The van der Waals surface area contributed by atoms with Gasteiger partial charge in [0.1, 0.15) is 0 Å². The zero-order valence-corrected chi connectivity index (χ0v) is 19.7. The maximum absolute atomic E-state index is 13.5. The Kier molecular flexibility index (Phi) is 6.25. The van der Waals surface area contributed by atoms with Crippen molar-refractivity contribution in [3.05, 3.63) is 74.0 Å². The summed E-state index contributed by atoms with van der Waals surface area (Å²) in [5.41, 5.74) is 4.09. The molecule has 4 rings (SSSR count). The Bertz CT molecular complexity index is 1040. The third-order valence-electron chi connectivity index (χ3n) is 5.49. The number of carbonyl (C=O) groups excluding carboxylic acids is 2. The van der Waals surface area contributed by atoms with Crippen LogP contribution in [0.1, 0.15) is 56.3 Å². The number of carbonyl (C=O) groups is 2. The summed E-state index contributed by atoms with van der Waals surface area (Å²) < 4.78 is 5.37. The van der Waals surface area contributed by atoms with Gasteiger partial charge in [-0.3, -0.25) is 9.69 Å². The molecule has 0 aliphatic carbocycles. The van der Waals surface area contributed by atoms with E-state index < -0.39 is 12.0 Å². The van der Waals surface area contributed by atoms with E-state index in [0.29, 0.717) is 16.4 Å². The van der Waals surface area contributed by atoms with E-state index in [9.17, 15) is 9.59 Å². The summed E-state index contributed by atoms with van der Waals surface area (Å²) in [5.74, 6) is -0.0707. The van der Waals surface area contributed by atoms with Crippen molar-refractivity contribution in [2.45, 2.75) is 45.2 Å². The fraction of sp³-hybridized carbons (Fsp3) is 0.333. The fourth-order valence-electron chi connectivity index (χ4n) is 3.89. The molecule has 0 radical (unpaired) electrons. The zero-order chi connectivity index (χ0) is 22.1. The summed E-state index contributed by atoms with van der Waals surface area (Å²) in [4.78, 5) is 28.8. The van der Waals surface area contributed by atoms with Crippen LogP contribution in [0.5, 0.6) is 0 Å². The highest BCUT2D eigenvalue weighted by atomic mass is 32.2. The van der Waals surface area contributed by atoms with Crippen LogP contribution < -0.4 is 5.32 Å². The van der Waals surface area contributed by atoms with E-state index in [1.165, 1.54) is 17.3 Å². The number of esters is 1. The number of nitrogens with zero attached hydrogens (tertiary/aromatic N) is 1. The average molecular weight is 455 g/mol. The van der Waals surface area contributed by atoms with E-state index in [1.54, 1.807) is 23.2 Å². The number of fused-ring (bicyclic) bond motifs is 1. The van der Waals surface area contributed by atoms with Crippen molar-refractivity contribution >= 4 is 41.1 Å². The molecule has 7 heteroatoms. The highest BCUT2D eigenvalue weighted by Gasteiger charge is 2.47. The molecule has 1 aromatic heterocycles. The third kappa shape index (κ3) is 4.16. The first-order valence-electron chi connectivity index (χ1n) is 10.4. The van der Waals surface area contributed by atoms with E-state index in [1.807, 2.05) is 42.0 Å². The van der Waals surface area contributed by atoms with Crippen molar-refractivity contribution in [3.8, 4) is 0 Å².